The molecule has 0 aromatic carbocycles. The molecular formula is C14H21ClN2O7. The van der Waals surface area contributed by atoms with Crippen LogP contribution < -0.4 is 5.32 Å². The van der Waals surface area contributed by atoms with Crippen LogP contribution in [0.2, 0.25) is 0 Å². The van der Waals surface area contributed by atoms with E-state index in [0.717, 1.165) is 4.90 Å². The van der Waals surface area contributed by atoms with E-state index >= 15 is 0 Å². The Morgan fingerprint density at radius 2 is 2.04 bits per heavy atom. The number of furan rings is 1. The SMILES string of the molecule is O=C(NCCCl)N(Cc1ccco1)C1O[C@H](CO)[C@H](O)[C@H](O)[C@H]1O. The summed E-state index contributed by atoms with van der Waals surface area (Å²) in [7, 11) is 0. The second-order valence-corrected chi connectivity index (χ2v) is 5.73. The number of nitrogens with one attached hydrogen (secondary N) is 1. The van der Waals surface area contributed by atoms with Gasteiger partial charge in [0.25, 0.3) is 0 Å². The van der Waals surface area contributed by atoms with E-state index in [1.165, 1.54) is 6.26 Å². The molecule has 2 rings (SSSR count). The highest BCUT2D eigenvalue weighted by molar-refractivity contribution is 6.18. The Morgan fingerprint density at radius 1 is 1.29 bits per heavy atom. The summed E-state index contributed by atoms with van der Waals surface area (Å²) in [4.78, 5) is 13.5. The van der Waals surface area contributed by atoms with Crippen molar-refractivity contribution >= 4 is 17.6 Å². The largest absolute Gasteiger partial charge is 0.467 e. The van der Waals surface area contributed by atoms with E-state index in [1.54, 1.807) is 12.1 Å². The van der Waals surface area contributed by atoms with E-state index in [1.807, 2.05) is 0 Å². The minimum Gasteiger partial charge on any atom is -0.467 e. The molecule has 0 spiro atoms. The molecule has 10 heteroatoms. The van der Waals surface area contributed by atoms with Gasteiger partial charge in [-0.05, 0) is 12.1 Å². The number of halogens is 1. The third-order valence-electron chi connectivity index (χ3n) is 3.71. The maximum atomic E-state index is 12.4. The van der Waals surface area contributed by atoms with Crippen molar-refractivity contribution in [2.75, 3.05) is 19.0 Å². The summed E-state index contributed by atoms with van der Waals surface area (Å²) < 4.78 is 10.6. The smallest absolute Gasteiger partial charge is 0.319 e. The lowest BCUT2D eigenvalue weighted by molar-refractivity contribution is -0.258. The van der Waals surface area contributed by atoms with E-state index in [-0.39, 0.29) is 19.0 Å². The molecule has 1 aliphatic rings. The molecule has 5 atom stereocenters. The summed E-state index contributed by atoms with van der Waals surface area (Å²) >= 11 is 5.56. The minimum atomic E-state index is -1.58. The molecule has 1 aromatic rings. The number of aliphatic hydroxyl groups is 4. The summed E-state index contributed by atoms with van der Waals surface area (Å²) in [5, 5.41) is 41.8. The normalized spacial score (nSPS) is 30.1. The zero-order chi connectivity index (χ0) is 17.7. The summed E-state index contributed by atoms with van der Waals surface area (Å²) in [6.07, 6.45) is -5.63. The average molecular weight is 365 g/mol. The van der Waals surface area contributed by atoms with Gasteiger partial charge in [-0.15, -0.1) is 11.6 Å². The molecule has 1 aromatic heterocycles. The van der Waals surface area contributed by atoms with Gasteiger partial charge in [0.1, 0.15) is 30.2 Å². The average Bonchev–Trinajstić information content (AvgIpc) is 3.09. The van der Waals surface area contributed by atoms with Crippen molar-refractivity contribution in [3.63, 3.8) is 0 Å². The predicted molar refractivity (Wildman–Crippen MR) is 82.1 cm³/mol. The van der Waals surface area contributed by atoms with Crippen LogP contribution in [-0.2, 0) is 11.3 Å². The van der Waals surface area contributed by atoms with Crippen LogP contribution in [0.4, 0.5) is 4.79 Å². The number of aliphatic hydroxyl groups excluding tert-OH is 4. The molecule has 1 aliphatic heterocycles. The molecule has 1 saturated heterocycles. The van der Waals surface area contributed by atoms with Crippen LogP contribution in [0.25, 0.3) is 0 Å². The number of amides is 2. The molecule has 5 N–H and O–H groups in total. The first-order valence-electron chi connectivity index (χ1n) is 7.43. The van der Waals surface area contributed by atoms with Crippen molar-refractivity contribution in [2.45, 2.75) is 37.2 Å². The first-order valence-corrected chi connectivity index (χ1v) is 7.96. The Morgan fingerprint density at radius 3 is 2.62 bits per heavy atom. The fourth-order valence-electron chi connectivity index (χ4n) is 2.44. The van der Waals surface area contributed by atoms with Crippen molar-refractivity contribution in [3.05, 3.63) is 24.2 Å². The van der Waals surface area contributed by atoms with E-state index in [9.17, 15) is 25.2 Å². The van der Waals surface area contributed by atoms with E-state index in [4.69, 9.17) is 20.8 Å². The van der Waals surface area contributed by atoms with Gasteiger partial charge in [-0.3, -0.25) is 4.90 Å². The topological polar surface area (TPSA) is 136 Å². The second-order valence-electron chi connectivity index (χ2n) is 5.35. The molecule has 24 heavy (non-hydrogen) atoms. The van der Waals surface area contributed by atoms with Crippen LogP contribution in [-0.4, -0.2) is 81.0 Å². The number of carbonyl (C=O) groups is 1. The Labute approximate surface area is 143 Å². The van der Waals surface area contributed by atoms with E-state index in [2.05, 4.69) is 5.32 Å². The van der Waals surface area contributed by atoms with Crippen LogP contribution in [0.5, 0.6) is 0 Å². The fourth-order valence-corrected chi connectivity index (χ4v) is 2.54. The maximum absolute atomic E-state index is 12.4. The number of hydrogen-bond donors (Lipinski definition) is 5. The number of urea groups is 1. The monoisotopic (exact) mass is 364 g/mol. The van der Waals surface area contributed by atoms with Crippen molar-refractivity contribution < 1.29 is 34.4 Å². The van der Waals surface area contributed by atoms with Gasteiger partial charge in [0.05, 0.1) is 19.4 Å². The van der Waals surface area contributed by atoms with Gasteiger partial charge >= 0.3 is 6.03 Å². The second kappa shape index (κ2) is 8.65. The van der Waals surface area contributed by atoms with Crippen molar-refractivity contribution in [2.24, 2.45) is 0 Å². The zero-order valence-electron chi connectivity index (χ0n) is 12.8. The third kappa shape index (κ3) is 4.18. The quantitative estimate of drug-likeness (QED) is 0.401. The molecule has 0 radical (unpaired) electrons. The van der Waals surface area contributed by atoms with Gasteiger partial charge in [0, 0.05) is 12.4 Å². The Bertz CT molecular complexity index is 513. The lowest BCUT2D eigenvalue weighted by Gasteiger charge is -2.44. The molecular weight excluding hydrogens is 344 g/mol. The lowest BCUT2D eigenvalue weighted by atomic mass is 9.98. The number of ether oxygens (including phenoxy) is 1. The number of hydrogen-bond acceptors (Lipinski definition) is 7. The first kappa shape index (κ1) is 19.0. The van der Waals surface area contributed by atoms with E-state index in [0.29, 0.717) is 5.76 Å². The molecule has 1 unspecified atom stereocenters. The number of alkyl halides is 1. The molecule has 2 amide bonds. The summed E-state index contributed by atoms with van der Waals surface area (Å²) in [6.45, 7) is -0.449. The minimum absolute atomic E-state index is 0.0518. The highest BCUT2D eigenvalue weighted by atomic mass is 35.5. The highest BCUT2D eigenvalue weighted by Gasteiger charge is 2.47. The van der Waals surface area contributed by atoms with Crippen LogP contribution in [0.15, 0.2) is 22.8 Å². The van der Waals surface area contributed by atoms with Gasteiger partial charge in [-0.25, -0.2) is 4.79 Å². The van der Waals surface area contributed by atoms with Gasteiger partial charge in [-0.2, -0.15) is 0 Å². The molecule has 0 saturated carbocycles. The Balaban J connectivity index is 2.21. The van der Waals surface area contributed by atoms with Gasteiger partial charge < -0.3 is 34.9 Å². The maximum Gasteiger partial charge on any atom is 0.319 e. The molecule has 2 heterocycles. The van der Waals surface area contributed by atoms with Crippen LogP contribution in [0, 0.1) is 0 Å². The summed E-state index contributed by atoms with van der Waals surface area (Å²) in [5.74, 6) is 0.614. The van der Waals surface area contributed by atoms with Gasteiger partial charge in [-0.1, -0.05) is 0 Å². The molecule has 0 aliphatic carbocycles. The molecule has 136 valence electrons. The third-order valence-corrected chi connectivity index (χ3v) is 3.90. The standard InChI is InChI=1S/C14H21ClN2O7/c15-3-4-16-14(22)17(6-8-2-1-5-23-8)13-12(21)11(20)10(19)9(7-18)24-13/h1-2,5,9-13,18-21H,3-4,6-7H2,(H,16,22)/t9-,10+,11+,12-,13?/m1/s1. The molecule has 1 fully saturated rings. The number of carbonyl (C=O) groups excluding carboxylic acids is 1. The highest BCUT2D eigenvalue weighted by Crippen LogP contribution is 2.25. The van der Waals surface area contributed by atoms with Crippen LogP contribution in [0.1, 0.15) is 5.76 Å². The first-order chi connectivity index (χ1) is 11.5. The van der Waals surface area contributed by atoms with Crippen molar-refractivity contribution in [1.82, 2.24) is 10.2 Å². The fraction of sp³-hybridized carbons (Fsp3) is 0.643. The summed E-state index contributed by atoms with van der Waals surface area (Å²) in [6, 6.07) is 2.67. The van der Waals surface area contributed by atoms with Crippen LogP contribution in [0.3, 0.4) is 0 Å². The van der Waals surface area contributed by atoms with Crippen LogP contribution >= 0.6 is 11.6 Å². The van der Waals surface area contributed by atoms with Crippen molar-refractivity contribution in [1.29, 1.82) is 0 Å². The van der Waals surface area contributed by atoms with Gasteiger partial charge in [0.15, 0.2) is 6.23 Å². The number of rotatable bonds is 6. The molecule has 0 bridgehead atoms. The summed E-state index contributed by atoms with van der Waals surface area (Å²) in [5.41, 5.74) is 0. The Kier molecular flexibility index (Phi) is 6.84. The van der Waals surface area contributed by atoms with Gasteiger partial charge in [0.2, 0.25) is 0 Å². The Hall–Kier alpha value is -1.36. The van der Waals surface area contributed by atoms with Crippen molar-refractivity contribution in [3.8, 4) is 0 Å². The number of nitrogens with zero attached hydrogens (tertiary/aromatic N) is 1. The lowest BCUT2D eigenvalue weighted by Crippen LogP contribution is -2.64. The molecule has 9 nitrogen and oxygen atoms in total. The van der Waals surface area contributed by atoms with E-state index < -0.39 is 43.3 Å². The predicted octanol–water partition coefficient (Wildman–Crippen LogP) is -1.17. The zero-order valence-corrected chi connectivity index (χ0v) is 13.5.